The Kier molecular flexibility index (Phi) is 4.57. The molecule has 1 aromatic carbocycles. The quantitative estimate of drug-likeness (QED) is 0.819. The maximum absolute atomic E-state index is 12.0. The Labute approximate surface area is 117 Å². The SMILES string of the molecule is CCONC(=O)[C@H]1CC(=O)N(c2ccc(OC)cc2)C1. The average molecular weight is 278 g/mol. The zero-order chi connectivity index (χ0) is 14.5. The summed E-state index contributed by atoms with van der Waals surface area (Å²) in [7, 11) is 1.59. The predicted octanol–water partition coefficient (Wildman–Crippen LogP) is 1.12. The van der Waals surface area contributed by atoms with Crippen LogP contribution in [-0.4, -0.2) is 32.1 Å². The van der Waals surface area contributed by atoms with Crippen LogP contribution in [-0.2, 0) is 14.4 Å². The molecule has 1 aliphatic heterocycles. The first kappa shape index (κ1) is 14.3. The fraction of sp³-hybridized carbons (Fsp3) is 0.429. The van der Waals surface area contributed by atoms with Crippen molar-refractivity contribution >= 4 is 17.5 Å². The minimum atomic E-state index is -0.379. The number of anilines is 1. The van der Waals surface area contributed by atoms with Gasteiger partial charge in [0.15, 0.2) is 0 Å². The van der Waals surface area contributed by atoms with Gasteiger partial charge in [0, 0.05) is 18.7 Å². The van der Waals surface area contributed by atoms with E-state index in [-0.39, 0.29) is 24.2 Å². The van der Waals surface area contributed by atoms with Crippen molar-refractivity contribution in [3.05, 3.63) is 24.3 Å². The van der Waals surface area contributed by atoms with Gasteiger partial charge in [0.25, 0.3) is 0 Å². The summed E-state index contributed by atoms with van der Waals surface area (Å²) in [4.78, 5) is 30.3. The van der Waals surface area contributed by atoms with Gasteiger partial charge in [-0.05, 0) is 31.2 Å². The first-order valence-corrected chi connectivity index (χ1v) is 6.51. The molecule has 0 spiro atoms. The summed E-state index contributed by atoms with van der Waals surface area (Å²) in [5.74, 6) is 0.0326. The second kappa shape index (κ2) is 6.38. The van der Waals surface area contributed by atoms with Crippen molar-refractivity contribution in [1.29, 1.82) is 0 Å². The number of nitrogens with zero attached hydrogens (tertiary/aromatic N) is 1. The summed E-state index contributed by atoms with van der Waals surface area (Å²) in [6.45, 7) is 2.54. The zero-order valence-electron chi connectivity index (χ0n) is 11.6. The number of carbonyl (C=O) groups is 2. The minimum absolute atomic E-state index is 0.0631. The fourth-order valence-electron chi connectivity index (χ4n) is 2.12. The number of hydroxylamine groups is 1. The highest BCUT2D eigenvalue weighted by Crippen LogP contribution is 2.26. The van der Waals surface area contributed by atoms with Crippen LogP contribution in [0.5, 0.6) is 5.75 Å². The molecule has 0 radical (unpaired) electrons. The van der Waals surface area contributed by atoms with E-state index in [2.05, 4.69) is 5.48 Å². The monoisotopic (exact) mass is 278 g/mol. The maximum Gasteiger partial charge on any atom is 0.248 e. The second-order valence-electron chi connectivity index (χ2n) is 4.50. The van der Waals surface area contributed by atoms with E-state index in [1.807, 2.05) is 0 Å². The van der Waals surface area contributed by atoms with Crippen LogP contribution in [0.15, 0.2) is 24.3 Å². The lowest BCUT2D eigenvalue weighted by Gasteiger charge is -2.17. The second-order valence-corrected chi connectivity index (χ2v) is 4.50. The molecule has 1 fully saturated rings. The Morgan fingerprint density at radius 1 is 1.40 bits per heavy atom. The highest BCUT2D eigenvalue weighted by molar-refractivity contribution is 6.00. The number of methoxy groups -OCH3 is 1. The van der Waals surface area contributed by atoms with Crippen molar-refractivity contribution in [2.75, 3.05) is 25.2 Å². The van der Waals surface area contributed by atoms with E-state index in [1.54, 1.807) is 43.2 Å². The molecular formula is C14H18N2O4. The van der Waals surface area contributed by atoms with E-state index in [4.69, 9.17) is 9.57 Å². The van der Waals surface area contributed by atoms with Crippen molar-refractivity contribution in [3.8, 4) is 5.75 Å². The van der Waals surface area contributed by atoms with Crippen molar-refractivity contribution in [2.45, 2.75) is 13.3 Å². The fourth-order valence-corrected chi connectivity index (χ4v) is 2.12. The molecule has 1 aliphatic rings. The summed E-state index contributed by atoms with van der Waals surface area (Å²) in [5, 5.41) is 0. The summed E-state index contributed by atoms with van der Waals surface area (Å²) >= 11 is 0. The van der Waals surface area contributed by atoms with Crippen molar-refractivity contribution in [3.63, 3.8) is 0 Å². The molecule has 0 saturated carbocycles. The van der Waals surface area contributed by atoms with Gasteiger partial charge >= 0.3 is 0 Å². The van der Waals surface area contributed by atoms with Gasteiger partial charge in [-0.3, -0.25) is 14.4 Å². The van der Waals surface area contributed by atoms with Crippen LogP contribution in [0.3, 0.4) is 0 Å². The lowest BCUT2D eigenvalue weighted by atomic mass is 10.1. The van der Waals surface area contributed by atoms with Crippen LogP contribution in [0, 0.1) is 5.92 Å². The topological polar surface area (TPSA) is 67.9 Å². The molecule has 0 aromatic heterocycles. The van der Waals surface area contributed by atoms with Gasteiger partial charge < -0.3 is 9.64 Å². The average Bonchev–Trinajstić information content (AvgIpc) is 2.87. The molecule has 6 heteroatoms. The number of hydrogen-bond acceptors (Lipinski definition) is 4. The highest BCUT2D eigenvalue weighted by Gasteiger charge is 2.35. The van der Waals surface area contributed by atoms with Gasteiger partial charge in [-0.15, -0.1) is 0 Å². The normalized spacial score (nSPS) is 18.2. The van der Waals surface area contributed by atoms with Crippen molar-refractivity contribution < 1.29 is 19.2 Å². The van der Waals surface area contributed by atoms with Crippen molar-refractivity contribution in [1.82, 2.24) is 5.48 Å². The van der Waals surface area contributed by atoms with E-state index < -0.39 is 0 Å². The first-order valence-electron chi connectivity index (χ1n) is 6.51. The number of hydrogen-bond donors (Lipinski definition) is 1. The summed E-state index contributed by atoms with van der Waals surface area (Å²) in [6.07, 6.45) is 0.199. The number of nitrogens with one attached hydrogen (secondary N) is 1. The molecule has 1 saturated heterocycles. The van der Waals surface area contributed by atoms with Gasteiger partial charge in [0.05, 0.1) is 19.6 Å². The Hall–Kier alpha value is -2.08. The molecule has 1 N–H and O–H groups in total. The van der Waals surface area contributed by atoms with E-state index in [9.17, 15) is 9.59 Å². The third-order valence-electron chi connectivity index (χ3n) is 3.20. The predicted molar refractivity (Wildman–Crippen MR) is 73.2 cm³/mol. The number of rotatable bonds is 5. The van der Waals surface area contributed by atoms with E-state index >= 15 is 0 Å². The van der Waals surface area contributed by atoms with Gasteiger partial charge in [0.2, 0.25) is 11.8 Å². The first-order chi connectivity index (χ1) is 9.65. The Morgan fingerprint density at radius 2 is 2.10 bits per heavy atom. The van der Waals surface area contributed by atoms with Gasteiger partial charge in [-0.25, -0.2) is 5.48 Å². The van der Waals surface area contributed by atoms with Gasteiger partial charge in [-0.1, -0.05) is 0 Å². The molecular weight excluding hydrogens is 260 g/mol. The molecule has 2 amide bonds. The van der Waals surface area contributed by atoms with Crippen LogP contribution in [0.2, 0.25) is 0 Å². The third kappa shape index (κ3) is 3.08. The maximum atomic E-state index is 12.0. The largest absolute Gasteiger partial charge is 0.497 e. The summed E-state index contributed by atoms with van der Waals surface area (Å²) in [6, 6.07) is 7.19. The molecule has 20 heavy (non-hydrogen) atoms. The zero-order valence-corrected chi connectivity index (χ0v) is 11.6. The van der Waals surface area contributed by atoms with Gasteiger partial charge in [-0.2, -0.15) is 0 Å². The van der Waals surface area contributed by atoms with Gasteiger partial charge in [0.1, 0.15) is 5.75 Å². The molecule has 1 heterocycles. The lowest BCUT2D eigenvalue weighted by molar-refractivity contribution is -0.137. The minimum Gasteiger partial charge on any atom is -0.497 e. The van der Waals surface area contributed by atoms with Crippen LogP contribution in [0.25, 0.3) is 0 Å². The lowest BCUT2D eigenvalue weighted by Crippen LogP contribution is -2.33. The van der Waals surface area contributed by atoms with Crippen molar-refractivity contribution in [2.24, 2.45) is 5.92 Å². The molecule has 1 aromatic rings. The molecule has 6 nitrogen and oxygen atoms in total. The number of benzene rings is 1. The highest BCUT2D eigenvalue weighted by atomic mass is 16.6. The standard InChI is InChI=1S/C14H18N2O4/c1-3-20-15-14(18)10-8-13(17)16(9-10)11-4-6-12(19-2)7-5-11/h4-7,10H,3,8-9H2,1-2H3,(H,15,18)/t10-/m0/s1. The summed E-state index contributed by atoms with van der Waals surface area (Å²) < 4.78 is 5.08. The van der Waals surface area contributed by atoms with E-state index in [1.165, 1.54) is 0 Å². The number of ether oxygens (including phenoxy) is 1. The molecule has 0 unspecified atom stereocenters. The molecule has 2 rings (SSSR count). The number of amides is 2. The Morgan fingerprint density at radius 3 is 2.70 bits per heavy atom. The van der Waals surface area contributed by atoms with Crippen LogP contribution in [0.1, 0.15) is 13.3 Å². The smallest absolute Gasteiger partial charge is 0.248 e. The summed E-state index contributed by atoms with van der Waals surface area (Å²) in [5.41, 5.74) is 3.11. The van der Waals surface area contributed by atoms with Crippen LogP contribution < -0.4 is 15.1 Å². The molecule has 108 valence electrons. The molecule has 0 aliphatic carbocycles. The van der Waals surface area contributed by atoms with Crippen LogP contribution in [0.4, 0.5) is 5.69 Å². The molecule has 0 bridgehead atoms. The van der Waals surface area contributed by atoms with E-state index in [0.29, 0.717) is 13.2 Å². The van der Waals surface area contributed by atoms with E-state index in [0.717, 1.165) is 11.4 Å². The number of carbonyl (C=O) groups excluding carboxylic acids is 2. The Bertz CT molecular complexity index is 486. The Balaban J connectivity index is 2.03. The third-order valence-corrected chi connectivity index (χ3v) is 3.20. The molecule has 1 atom stereocenters. The van der Waals surface area contributed by atoms with Crippen LogP contribution >= 0.6 is 0 Å².